The Balaban J connectivity index is 0.00000111. The molecule has 1 saturated carbocycles. The molecule has 4 aromatic rings. The normalized spacial score (nSPS) is 15.6. The molecule has 1 aromatic heterocycles. The second kappa shape index (κ2) is 22.4. The van der Waals surface area contributed by atoms with Crippen LogP contribution in [0.2, 0.25) is 0 Å². The Morgan fingerprint density at radius 3 is 1.95 bits per heavy atom. The van der Waals surface area contributed by atoms with Gasteiger partial charge in [-0.25, -0.2) is 9.59 Å². The Morgan fingerprint density at radius 1 is 0.839 bits per heavy atom. The van der Waals surface area contributed by atoms with Crippen molar-refractivity contribution in [2.45, 2.75) is 57.3 Å². The molecule has 3 aromatic carbocycles. The van der Waals surface area contributed by atoms with Gasteiger partial charge < -0.3 is 41.3 Å². The summed E-state index contributed by atoms with van der Waals surface area (Å²) >= 11 is 0. The molecule has 4 amide bonds. The van der Waals surface area contributed by atoms with Gasteiger partial charge in [0.1, 0.15) is 6.04 Å². The molecule has 0 saturated heterocycles. The van der Waals surface area contributed by atoms with Gasteiger partial charge in [0.05, 0.1) is 6.04 Å². The molecular formula is C42H53F3N10O7. The number of carboxylic acid groups (broad SMARTS) is 2. The Bertz CT molecular complexity index is 2100. The number of alkyl halides is 3. The Kier molecular flexibility index (Phi) is 17.5. The highest BCUT2D eigenvalue weighted by Crippen LogP contribution is 2.29. The molecule has 1 aliphatic carbocycles. The van der Waals surface area contributed by atoms with E-state index in [9.17, 15) is 32.3 Å². The number of aryl methyl sites for hydroxylation is 1. The summed E-state index contributed by atoms with van der Waals surface area (Å²) in [5.41, 5.74) is 5.65. The van der Waals surface area contributed by atoms with Gasteiger partial charge in [-0.15, -0.1) is 10.2 Å². The lowest BCUT2D eigenvalue weighted by molar-refractivity contribution is -0.192. The van der Waals surface area contributed by atoms with E-state index in [1.807, 2.05) is 77.6 Å². The summed E-state index contributed by atoms with van der Waals surface area (Å²) in [5, 5.41) is 41.7. The topological polar surface area (TPSA) is 235 Å². The number of aliphatic carboxylic acids is 1. The number of likely N-dealkylation sites (N-methyl/N-ethyl adjacent to an activating group) is 2. The van der Waals surface area contributed by atoms with Crippen LogP contribution in [0.15, 0.2) is 66.7 Å². The van der Waals surface area contributed by atoms with Gasteiger partial charge >= 0.3 is 18.2 Å². The number of aromatic amines is 1. The number of tetrazole rings is 1. The number of rotatable bonds is 16. The second-order valence-corrected chi connectivity index (χ2v) is 15.7. The highest BCUT2D eigenvalue weighted by atomic mass is 19.4. The van der Waals surface area contributed by atoms with Crippen LogP contribution in [-0.2, 0) is 20.8 Å². The summed E-state index contributed by atoms with van der Waals surface area (Å²) in [6.45, 7) is 3.80. The van der Waals surface area contributed by atoms with Crippen LogP contribution in [0, 0.1) is 18.8 Å². The molecule has 0 radical (unpaired) electrons. The minimum atomic E-state index is -5.08. The number of carboxylic acids is 1. The van der Waals surface area contributed by atoms with Crippen LogP contribution in [-0.4, -0.2) is 137 Å². The van der Waals surface area contributed by atoms with E-state index in [4.69, 9.17) is 15.0 Å². The molecule has 0 spiro atoms. The van der Waals surface area contributed by atoms with E-state index < -0.39 is 24.3 Å². The van der Waals surface area contributed by atoms with Gasteiger partial charge in [0.2, 0.25) is 17.6 Å². The standard InChI is InChI=1S/C40H52N10O5.C2HF3O2/c1-25-20-31(38(52)43-33(23-49(2)3)24-50(4)5)16-19-34(25)28-10-6-26(7-11-28)21-35(44-37(51)30-12-8-27(9-13-30)22-41-40(54)55)39(53)42-32-17-14-29(15-18-32)36-45-47-48-46-36;3-2(4,5)1(6)7/h6-7,10-11,14-20,27,30,33,35,41H,8-9,12-13,21-24H2,1-5H3,(H,42,53)(H,43,52)(H,44,51)(H,54,55)(H,45,46,47,48);(H,6,7)/t27?,30?,35-;/m0./s1. The van der Waals surface area contributed by atoms with E-state index in [-0.39, 0.29) is 42.0 Å². The number of hydrogen-bond acceptors (Lipinski definition) is 10. The molecule has 334 valence electrons. The molecular weight excluding hydrogens is 814 g/mol. The molecule has 1 atom stereocenters. The number of nitrogens with zero attached hydrogens (tertiary/aromatic N) is 5. The van der Waals surface area contributed by atoms with Gasteiger partial charge in [-0.05, 0) is 131 Å². The van der Waals surface area contributed by atoms with Gasteiger partial charge in [-0.2, -0.15) is 18.4 Å². The predicted octanol–water partition coefficient (Wildman–Crippen LogP) is 4.44. The number of anilines is 1. The van der Waals surface area contributed by atoms with E-state index in [2.05, 4.69) is 51.7 Å². The highest BCUT2D eigenvalue weighted by molar-refractivity contribution is 5.98. The molecule has 7 N–H and O–H groups in total. The smallest absolute Gasteiger partial charge is 0.475 e. The van der Waals surface area contributed by atoms with Crippen LogP contribution in [0.1, 0.15) is 47.2 Å². The zero-order valence-electron chi connectivity index (χ0n) is 35.1. The zero-order valence-corrected chi connectivity index (χ0v) is 35.1. The molecule has 0 aliphatic heterocycles. The molecule has 5 rings (SSSR count). The number of carbonyl (C=O) groups is 5. The van der Waals surface area contributed by atoms with Crippen LogP contribution in [0.4, 0.5) is 23.7 Å². The fourth-order valence-corrected chi connectivity index (χ4v) is 7.06. The quantitative estimate of drug-likeness (QED) is 0.0829. The minimum absolute atomic E-state index is 0.0213. The minimum Gasteiger partial charge on any atom is -0.475 e. The number of carbonyl (C=O) groups excluding carboxylic acids is 3. The Morgan fingerprint density at radius 2 is 1.44 bits per heavy atom. The first-order chi connectivity index (χ1) is 29.3. The van der Waals surface area contributed by atoms with E-state index in [1.165, 1.54) is 0 Å². The number of aromatic nitrogens is 4. The van der Waals surface area contributed by atoms with Gasteiger partial charge in [-0.3, -0.25) is 14.4 Å². The molecule has 0 bridgehead atoms. The Labute approximate surface area is 356 Å². The number of H-pyrrole nitrogens is 1. The molecule has 20 heteroatoms. The summed E-state index contributed by atoms with van der Waals surface area (Å²) in [7, 11) is 7.96. The lowest BCUT2D eigenvalue weighted by Crippen LogP contribution is -2.48. The highest BCUT2D eigenvalue weighted by Gasteiger charge is 2.38. The first-order valence-corrected chi connectivity index (χ1v) is 19.8. The summed E-state index contributed by atoms with van der Waals surface area (Å²) in [5.74, 6) is -3.08. The van der Waals surface area contributed by atoms with E-state index in [1.54, 1.807) is 24.3 Å². The number of hydrogen-bond donors (Lipinski definition) is 7. The monoisotopic (exact) mass is 866 g/mol. The number of amides is 4. The summed E-state index contributed by atoms with van der Waals surface area (Å²) in [6, 6.07) is 19.7. The third-order valence-electron chi connectivity index (χ3n) is 10.1. The predicted molar refractivity (Wildman–Crippen MR) is 224 cm³/mol. The van der Waals surface area contributed by atoms with Crippen LogP contribution in [0.3, 0.4) is 0 Å². The lowest BCUT2D eigenvalue weighted by atomic mass is 9.81. The van der Waals surface area contributed by atoms with Crippen LogP contribution < -0.4 is 21.3 Å². The maximum Gasteiger partial charge on any atom is 0.490 e. The maximum atomic E-state index is 13.8. The number of nitrogens with one attached hydrogen (secondary N) is 5. The molecule has 17 nitrogen and oxygen atoms in total. The second-order valence-electron chi connectivity index (χ2n) is 15.7. The number of halogens is 3. The van der Waals surface area contributed by atoms with Gasteiger partial charge in [0, 0.05) is 48.8 Å². The van der Waals surface area contributed by atoms with Crippen LogP contribution in [0.5, 0.6) is 0 Å². The van der Waals surface area contributed by atoms with Crippen LogP contribution in [0.25, 0.3) is 22.5 Å². The molecule has 62 heavy (non-hydrogen) atoms. The SMILES string of the molecule is Cc1cc(C(=O)NC(CN(C)C)CN(C)C)ccc1-c1ccc(C[C@H](NC(=O)C2CCC(CNC(=O)O)CC2)C(=O)Nc2ccc(-c3nn[nH]n3)cc2)cc1.O=C(O)C(F)(F)F. The van der Waals surface area contributed by atoms with Crippen molar-refractivity contribution in [1.82, 2.24) is 46.4 Å². The van der Waals surface area contributed by atoms with Crippen molar-refractivity contribution >= 4 is 35.5 Å². The average molecular weight is 867 g/mol. The summed E-state index contributed by atoms with van der Waals surface area (Å²) in [4.78, 5) is 64.5. The van der Waals surface area contributed by atoms with Gasteiger partial charge in [0.25, 0.3) is 5.91 Å². The van der Waals surface area contributed by atoms with Crippen molar-refractivity contribution in [3.63, 3.8) is 0 Å². The van der Waals surface area contributed by atoms with Crippen molar-refractivity contribution in [3.05, 3.63) is 83.4 Å². The zero-order chi connectivity index (χ0) is 45.6. The summed E-state index contributed by atoms with van der Waals surface area (Å²) < 4.78 is 31.7. The van der Waals surface area contributed by atoms with Crippen LogP contribution >= 0.6 is 0 Å². The third-order valence-corrected chi connectivity index (χ3v) is 10.1. The largest absolute Gasteiger partial charge is 0.490 e. The van der Waals surface area contributed by atoms with Crippen molar-refractivity contribution in [1.29, 1.82) is 0 Å². The van der Waals surface area contributed by atoms with Gasteiger partial charge in [0.15, 0.2) is 0 Å². The van der Waals surface area contributed by atoms with Crippen molar-refractivity contribution in [3.8, 4) is 22.5 Å². The number of benzene rings is 3. The Hall–Kier alpha value is -6.41. The first-order valence-electron chi connectivity index (χ1n) is 19.8. The molecule has 0 unspecified atom stereocenters. The van der Waals surface area contributed by atoms with Crippen molar-refractivity contribution < 1.29 is 47.4 Å². The molecule has 1 aliphatic rings. The average Bonchev–Trinajstić information content (AvgIpc) is 3.75. The maximum absolute atomic E-state index is 13.8. The van der Waals surface area contributed by atoms with E-state index in [0.29, 0.717) is 36.5 Å². The molecule has 1 fully saturated rings. The lowest BCUT2D eigenvalue weighted by Gasteiger charge is -2.29. The van der Waals surface area contributed by atoms with Crippen molar-refractivity contribution in [2.24, 2.45) is 11.8 Å². The van der Waals surface area contributed by atoms with E-state index in [0.717, 1.165) is 53.7 Å². The first kappa shape index (κ1) is 48.3. The fraction of sp³-hybridized carbons (Fsp3) is 0.429. The summed E-state index contributed by atoms with van der Waals surface area (Å²) in [6.07, 6.45) is -3.20. The van der Waals surface area contributed by atoms with Gasteiger partial charge in [-0.1, -0.05) is 30.3 Å². The third kappa shape index (κ3) is 15.2. The fourth-order valence-electron chi connectivity index (χ4n) is 7.06. The van der Waals surface area contributed by atoms with E-state index >= 15 is 0 Å². The van der Waals surface area contributed by atoms with Crippen molar-refractivity contribution in [2.75, 3.05) is 53.1 Å². The molecule has 1 heterocycles.